The van der Waals surface area contributed by atoms with Crippen LogP contribution >= 0.6 is 0 Å². The van der Waals surface area contributed by atoms with Gasteiger partial charge in [-0.2, -0.15) is 5.10 Å². The first-order valence-electron chi connectivity index (χ1n) is 10.2. The Kier molecular flexibility index (Phi) is 4.94. The number of hydrogen-bond donors (Lipinski definition) is 1. The van der Waals surface area contributed by atoms with Gasteiger partial charge in [0.1, 0.15) is 11.3 Å². The number of nitrogens with zero attached hydrogens (tertiary/aromatic N) is 6. The molecule has 8 heteroatoms. The van der Waals surface area contributed by atoms with Crippen molar-refractivity contribution in [3.63, 3.8) is 0 Å². The van der Waals surface area contributed by atoms with Crippen molar-refractivity contribution in [1.29, 1.82) is 0 Å². The molecule has 1 aliphatic rings. The fourth-order valence-electron chi connectivity index (χ4n) is 3.74. The summed E-state index contributed by atoms with van der Waals surface area (Å²) in [6.45, 7) is 6.34. The first-order valence-corrected chi connectivity index (χ1v) is 10.2. The average molecular weight is 403 g/mol. The van der Waals surface area contributed by atoms with E-state index in [4.69, 9.17) is 10.2 Å². The fourth-order valence-corrected chi connectivity index (χ4v) is 3.74. The van der Waals surface area contributed by atoms with Crippen LogP contribution in [-0.4, -0.2) is 69.3 Å². The van der Waals surface area contributed by atoms with Crippen molar-refractivity contribution in [2.24, 2.45) is 0 Å². The largest absolute Gasteiger partial charge is 0.436 e. The Balaban J connectivity index is 1.34. The number of benzene rings is 1. The number of likely N-dealkylation sites (N-methyl/N-ethyl adjacent to an activating group) is 1. The van der Waals surface area contributed by atoms with Crippen molar-refractivity contribution in [2.45, 2.75) is 6.54 Å². The van der Waals surface area contributed by atoms with E-state index in [-0.39, 0.29) is 0 Å². The molecule has 1 saturated heterocycles. The SMILES string of the molecule is CN1CCN(CCn2cc(-c3cnc(N)c(-c4nc5ccccc5o4)c3)cn2)CC1. The van der Waals surface area contributed by atoms with Gasteiger partial charge in [-0.05, 0) is 25.2 Å². The van der Waals surface area contributed by atoms with E-state index in [1.54, 1.807) is 6.20 Å². The Morgan fingerprint density at radius 2 is 1.87 bits per heavy atom. The topological polar surface area (TPSA) is 89.2 Å². The van der Waals surface area contributed by atoms with Crippen LogP contribution in [0.1, 0.15) is 0 Å². The first-order chi connectivity index (χ1) is 14.7. The molecule has 0 unspecified atom stereocenters. The van der Waals surface area contributed by atoms with Gasteiger partial charge in [0.05, 0.1) is 18.3 Å². The molecule has 0 spiro atoms. The van der Waals surface area contributed by atoms with Gasteiger partial charge in [-0.3, -0.25) is 9.58 Å². The van der Waals surface area contributed by atoms with E-state index >= 15 is 0 Å². The molecule has 0 atom stereocenters. The highest BCUT2D eigenvalue weighted by Gasteiger charge is 2.15. The molecule has 0 aliphatic carbocycles. The minimum atomic E-state index is 0.396. The van der Waals surface area contributed by atoms with Gasteiger partial charge in [0.2, 0.25) is 5.89 Å². The monoisotopic (exact) mass is 403 g/mol. The lowest BCUT2D eigenvalue weighted by atomic mass is 10.1. The van der Waals surface area contributed by atoms with Crippen molar-refractivity contribution in [3.8, 4) is 22.6 Å². The number of pyridine rings is 1. The van der Waals surface area contributed by atoms with Gasteiger partial charge >= 0.3 is 0 Å². The van der Waals surface area contributed by atoms with Crippen LogP contribution in [0.25, 0.3) is 33.7 Å². The van der Waals surface area contributed by atoms with Gasteiger partial charge in [0, 0.05) is 56.2 Å². The number of para-hydroxylation sites is 2. The predicted molar refractivity (Wildman–Crippen MR) is 117 cm³/mol. The molecule has 8 nitrogen and oxygen atoms in total. The summed E-state index contributed by atoms with van der Waals surface area (Å²) in [5.74, 6) is 0.873. The van der Waals surface area contributed by atoms with Gasteiger partial charge in [-0.15, -0.1) is 0 Å². The fraction of sp³-hybridized carbons (Fsp3) is 0.318. The summed E-state index contributed by atoms with van der Waals surface area (Å²) < 4.78 is 7.87. The first kappa shape index (κ1) is 18.8. The smallest absolute Gasteiger partial charge is 0.231 e. The van der Waals surface area contributed by atoms with Crippen molar-refractivity contribution < 1.29 is 4.42 Å². The van der Waals surface area contributed by atoms with E-state index in [1.165, 1.54) is 0 Å². The number of rotatable bonds is 5. The maximum absolute atomic E-state index is 6.13. The van der Waals surface area contributed by atoms with E-state index < -0.39 is 0 Å². The Labute approximate surface area is 174 Å². The van der Waals surface area contributed by atoms with Crippen LogP contribution in [0.5, 0.6) is 0 Å². The zero-order valence-corrected chi connectivity index (χ0v) is 17.0. The van der Waals surface area contributed by atoms with E-state index in [0.29, 0.717) is 17.3 Å². The van der Waals surface area contributed by atoms with Crippen LogP contribution in [0.2, 0.25) is 0 Å². The van der Waals surface area contributed by atoms with Crippen molar-refractivity contribution in [1.82, 2.24) is 29.5 Å². The summed E-state index contributed by atoms with van der Waals surface area (Å²) in [5.41, 5.74) is 10.3. The van der Waals surface area contributed by atoms with Gasteiger partial charge in [-0.1, -0.05) is 12.1 Å². The second-order valence-electron chi connectivity index (χ2n) is 7.78. The molecule has 3 aromatic heterocycles. The highest BCUT2D eigenvalue weighted by atomic mass is 16.3. The Hall–Kier alpha value is -3.23. The number of hydrogen-bond acceptors (Lipinski definition) is 7. The van der Waals surface area contributed by atoms with E-state index in [2.05, 4.69) is 38.1 Å². The molecule has 2 N–H and O–H groups in total. The lowest BCUT2D eigenvalue weighted by molar-refractivity contribution is 0.149. The standard InChI is InChI=1S/C22H25N7O/c1-27-6-8-28(9-7-27)10-11-29-15-17(14-25-29)16-12-18(21(23)24-13-16)22-26-19-4-2-3-5-20(19)30-22/h2-5,12-15H,6-11H2,1H3,(H2,23,24). The molecule has 4 aromatic rings. The number of oxazole rings is 1. The molecule has 1 aliphatic heterocycles. The maximum atomic E-state index is 6.13. The van der Waals surface area contributed by atoms with Crippen LogP contribution < -0.4 is 5.73 Å². The number of nitrogens with two attached hydrogens (primary N) is 1. The Bertz CT molecular complexity index is 1120. The molecular weight excluding hydrogens is 378 g/mol. The molecule has 1 fully saturated rings. The third-order valence-electron chi connectivity index (χ3n) is 5.65. The van der Waals surface area contributed by atoms with Crippen LogP contribution in [0.15, 0.2) is 53.3 Å². The van der Waals surface area contributed by atoms with E-state index in [0.717, 1.165) is 61.5 Å². The number of fused-ring (bicyclic) bond motifs is 1. The van der Waals surface area contributed by atoms with Gasteiger partial charge < -0.3 is 15.1 Å². The maximum Gasteiger partial charge on any atom is 0.231 e. The summed E-state index contributed by atoms with van der Waals surface area (Å²) >= 11 is 0. The third-order valence-corrected chi connectivity index (χ3v) is 5.65. The quantitative estimate of drug-likeness (QED) is 0.548. The lowest BCUT2D eigenvalue weighted by Gasteiger charge is -2.32. The number of anilines is 1. The molecule has 1 aromatic carbocycles. The minimum absolute atomic E-state index is 0.396. The summed E-state index contributed by atoms with van der Waals surface area (Å²) in [5, 5.41) is 4.53. The Morgan fingerprint density at radius 3 is 2.70 bits per heavy atom. The van der Waals surface area contributed by atoms with Gasteiger partial charge in [0.15, 0.2) is 5.58 Å². The van der Waals surface area contributed by atoms with Crippen molar-refractivity contribution >= 4 is 16.9 Å². The Morgan fingerprint density at radius 1 is 1.03 bits per heavy atom. The van der Waals surface area contributed by atoms with Crippen LogP contribution in [0.3, 0.4) is 0 Å². The molecule has 5 rings (SSSR count). The van der Waals surface area contributed by atoms with Gasteiger partial charge in [-0.25, -0.2) is 9.97 Å². The molecule has 0 radical (unpaired) electrons. The highest BCUT2D eigenvalue weighted by Crippen LogP contribution is 2.31. The second-order valence-corrected chi connectivity index (χ2v) is 7.78. The van der Waals surface area contributed by atoms with Crippen molar-refractivity contribution in [3.05, 3.63) is 48.9 Å². The molecule has 154 valence electrons. The number of aromatic nitrogens is 4. The summed E-state index contributed by atoms with van der Waals surface area (Å²) in [6, 6.07) is 9.63. The third kappa shape index (κ3) is 3.79. The van der Waals surface area contributed by atoms with Gasteiger partial charge in [0.25, 0.3) is 0 Å². The molecule has 30 heavy (non-hydrogen) atoms. The second kappa shape index (κ2) is 7.89. The zero-order chi connectivity index (χ0) is 20.5. The normalized spacial score (nSPS) is 15.8. The number of piperazine rings is 1. The zero-order valence-electron chi connectivity index (χ0n) is 17.0. The van der Waals surface area contributed by atoms with E-state index in [9.17, 15) is 0 Å². The lowest BCUT2D eigenvalue weighted by Crippen LogP contribution is -2.45. The van der Waals surface area contributed by atoms with Crippen LogP contribution in [-0.2, 0) is 6.54 Å². The number of nitrogen functional groups attached to an aromatic ring is 1. The van der Waals surface area contributed by atoms with Crippen molar-refractivity contribution in [2.75, 3.05) is 45.5 Å². The molecule has 4 heterocycles. The summed E-state index contributed by atoms with van der Waals surface area (Å²) in [6.07, 6.45) is 5.69. The molecule has 0 saturated carbocycles. The highest BCUT2D eigenvalue weighted by molar-refractivity contribution is 5.80. The predicted octanol–water partition coefficient (Wildman–Crippen LogP) is 2.58. The minimum Gasteiger partial charge on any atom is -0.436 e. The van der Waals surface area contributed by atoms with E-state index in [1.807, 2.05) is 41.2 Å². The molecule has 0 amide bonds. The van der Waals surface area contributed by atoms with Crippen LogP contribution in [0, 0.1) is 0 Å². The average Bonchev–Trinajstić information content (AvgIpc) is 3.41. The summed E-state index contributed by atoms with van der Waals surface area (Å²) in [4.78, 5) is 13.8. The summed E-state index contributed by atoms with van der Waals surface area (Å²) in [7, 11) is 2.17. The van der Waals surface area contributed by atoms with Crippen LogP contribution in [0.4, 0.5) is 5.82 Å². The molecule has 0 bridgehead atoms. The molecular formula is C22H25N7O.